The SMILES string of the molecule is CCOCc1nc(C)cs1. The number of aryl methyl sites for hydroxylation is 1. The summed E-state index contributed by atoms with van der Waals surface area (Å²) >= 11 is 1.65. The summed E-state index contributed by atoms with van der Waals surface area (Å²) in [5, 5.41) is 3.10. The van der Waals surface area contributed by atoms with Crippen molar-refractivity contribution in [3.05, 3.63) is 16.1 Å². The van der Waals surface area contributed by atoms with Crippen LogP contribution in [0.2, 0.25) is 0 Å². The molecule has 0 amide bonds. The smallest absolute Gasteiger partial charge is 0.119 e. The Balaban J connectivity index is 2.42. The highest BCUT2D eigenvalue weighted by Gasteiger charge is 1.95. The van der Waals surface area contributed by atoms with Gasteiger partial charge in [-0.2, -0.15) is 0 Å². The quantitative estimate of drug-likeness (QED) is 0.669. The minimum Gasteiger partial charge on any atom is -0.375 e. The van der Waals surface area contributed by atoms with Crippen LogP contribution in [0, 0.1) is 6.92 Å². The van der Waals surface area contributed by atoms with Gasteiger partial charge in [-0.15, -0.1) is 11.3 Å². The van der Waals surface area contributed by atoms with Gasteiger partial charge in [0.1, 0.15) is 5.01 Å². The van der Waals surface area contributed by atoms with E-state index in [0.29, 0.717) is 6.61 Å². The predicted octanol–water partition coefficient (Wildman–Crippen LogP) is 1.99. The van der Waals surface area contributed by atoms with E-state index < -0.39 is 0 Å². The van der Waals surface area contributed by atoms with Crippen molar-refractivity contribution < 1.29 is 4.74 Å². The summed E-state index contributed by atoms with van der Waals surface area (Å²) in [6.45, 7) is 5.40. The van der Waals surface area contributed by atoms with E-state index in [1.54, 1.807) is 11.3 Å². The number of thiazole rings is 1. The molecule has 2 nitrogen and oxygen atoms in total. The van der Waals surface area contributed by atoms with Crippen LogP contribution < -0.4 is 0 Å². The van der Waals surface area contributed by atoms with E-state index in [-0.39, 0.29) is 0 Å². The molecular formula is C7H11NOS. The fraction of sp³-hybridized carbons (Fsp3) is 0.571. The fourth-order valence-electron chi connectivity index (χ4n) is 0.658. The molecule has 56 valence electrons. The highest BCUT2D eigenvalue weighted by atomic mass is 32.1. The molecule has 0 atom stereocenters. The Morgan fingerprint density at radius 1 is 1.70 bits per heavy atom. The first-order valence-electron chi connectivity index (χ1n) is 3.31. The number of hydrogen-bond acceptors (Lipinski definition) is 3. The molecule has 1 heterocycles. The van der Waals surface area contributed by atoms with Crippen molar-refractivity contribution in [1.82, 2.24) is 4.98 Å². The maximum atomic E-state index is 5.18. The Morgan fingerprint density at radius 2 is 2.50 bits per heavy atom. The van der Waals surface area contributed by atoms with Gasteiger partial charge in [-0.3, -0.25) is 0 Å². The third-order valence-corrected chi connectivity index (χ3v) is 2.04. The molecule has 0 N–H and O–H groups in total. The molecule has 1 aromatic heterocycles. The van der Waals surface area contributed by atoms with Crippen molar-refractivity contribution in [2.75, 3.05) is 6.61 Å². The molecule has 0 aliphatic heterocycles. The number of aromatic nitrogens is 1. The van der Waals surface area contributed by atoms with Gasteiger partial charge in [0.25, 0.3) is 0 Å². The largest absolute Gasteiger partial charge is 0.375 e. The van der Waals surface area contributed by atoms with Gasteiger partial charge in [-0.1, -0.05) is 0 Å². The molecule has 0 aromatic carbocycles. The Morgan fingerprint density at radius 3 is 3.00 bits per heavy atom. The van der Waals surface area contributed by atoms with Crippen LogP contribution in [0.1, 0.15) is 17.6 Å². The normalized spacial score (nSPS) is 10.2. The number of nitrogens with zero attached hydrogens (tertiary/aromatic N) is 1. The topological polar surface area (TPSA) is 22.1 Å². The lowest BCUT2D eigenvalue weighted by Gasteiger charge is -1.93. The zero-order chi connectivity index (χ0) is 7.40. The van der Waals surface area contributed by atoms with E-state index in [4.69, 9.17) is 4.74 Å². The van der Waals surface area contributed by atoms with E-state index >= 15 is 0 Å². The highest BCUT2D eigenvalue weighted by molar-refractivity contribution is 7.09. The van der Waals surface area contributed by atoms with Crippen LogP contribution in [-0.2, 0) is 11.3 Å². The van der Waals surface area contributed by atoms with E-state index in [2.05, 4.69) is 4.98 Å². The third-order valence-electron chi connectivity index (χ3n) is 1.10. The monoisotopic (exact) mass is 157 g/mol. The molecule has 0 fully saturated rings. The summed E-state index contributed by atoms with van der Waals surface area (Å²) in [5.41, 5.74) is 1.08. The minimum absolute atomic E-state index is 0.662. The first kappa shape index (κ1) is 7.69. The van der Waals surface area contributed by atoms with Crippen LogP contribution in [0.3, 0.4) is 0 Å². The second-order valence-electron chi connectivity index (χ2n) is 2.02. The second kappa shape index (κ2) is 3.68. The van der Waals surface area contributed by atoms with Crippen LogP contribution >= 0.6 is 11.3 Å². The standard InChI is InChI=1S/C7H11NOS/c1-3-9-4-7-8-6(2)5-10-7/h5H,3-4H2,1-2H3. The molecule has 0 saturated heterocycles. The summed E-state index contributed by atoms with van der Waals surface area (Å²) < 4.78 is 5.18. The lowest BCUT2D eigenvalue weighted by molar-refractivity contribution is 0.134. The maximum Gasteiger partial charge on any atom is 0.119 e. The van der Waals surface area contributed by atoms with Crippen LogP contribution in [-0.4, -0.2) is 11.6 Å². The van der Waals surface area contributed by atoms with E-state index in [9.17, 15) is 0 Å². The fourth-order valence-corrected chi connectivity index (χ4v) is 1.37. The van der Waals surface area contributed by atoms with Gasteiger partial charge >= 0.3 is 0 Å². The molecule has 0 bridgehead atoms. The lowest BCUT2D eigenvalue weighted by atomic mass is 10.6. The summed E-state index contributed by atoms with van der Waals surface area (Å²) in [5.74, 6) is 0. The number of ether oxygens (including phenoxy) is 1. The first-order valence-corrected chi connectivity index (χ1v) is 4.19. The zero-order valence-corrected chi connectivity index (χ0v) is 7.07. The van der Waals surface area contributed by atoms with Crippen molar-refractivity contribution in [2.24, 2.45) is 0 Å². The van der Waals surface area contributed by atoms with Gasteiger partial charge in [0, 0.05) is 17.7 Å². The first-order chi connectivity index (χ1) is 4.83. The van der Waals surface area contributed by atoms with Gasteiger partial charge in [0.15, 0.2) is 0 Å². The van der Waals surface area contributed by atoms with Crippen molar-refractivity contribution >= 4 is 11.3 Å². The average molecular weight is 157 g/mol. The van der Waals surface area contributed by atoms with Gasteiger partial charge in [-0.25, -0.2) is 4.98 Å². The number of rotatable bonds is 3. The Bertz CT molecular complexity index is 197. The van der Waals surface area contributed by atoms with Crippen LogP contribution in [0.25, 0.3) is 0 Å². The molecule has 0 unspecified atom stereocenters. The average Bonchev–Trinajstić information content (AvgIpc) is 2.31. The van der Waals surface area contributed by atoms with Gasteiger partial charge in [0.05, 0.1) is 6.61 Å². The predicted molar refractivity (Wildman–Crippen MR) is 42.2 cm³/mol. The Kier molecular flexibility index (Phi) is 2.83. The van der Waals surface area contributed by atoms with Crippen molar-refractivity contribution in [1.29, 1.82) is 0 Å². The van der Waals surface area contributed by atoms with Gasteiger partial charge in [0.2, 0.25) is 0 Å². The van der Waals surface area contributed by atoms with E-state index in [1.165, 1.54) is 0 Å². The molecule has 0 spiro atoms. The van der Waals surface area contributed by atoms with Crippen molar-refractivity contribution in [3.63, 3.8) is 0 Å². The zero-order valence-electron chi connectivity index (χ0n) is 6.26. The second-order valence-corrected chi connectivity index (χ2v) is 2.96. The van der Waals surface area contributed by atoms with E-state index in [1.807, 2.05) is 19.2 Å². The molecule has 3 heteroatoms. The van der Waals surface area contributed by atoms with Crippen LogP contribution in [0.15, 0.2) is 5.38 Å². The van der Waals surface area contributed by atoms with Crippen molar-refractivity contribution in [2.45, 2.75) is 20.5 Å². The molecular weight excluding hydrogens is 146 g/mol. The molecule has 1 aromatic rings. The summed E-state index contributed by atoms with van der Waals surface area (Å²) in [6, 6.07) is 0. The molecule has 0 aliphatic rings. The maximum absolute atomic E-state index is 5.18. The van der Waals surface area contributed by atoms with E-state index in [0.717, 1.165) is 17.3 Å². The Hall–Kier alpha value is -0.410. The van der Waals surface area contributed by atoms with Crippen LogP contribution in [0.5, 0.6) is 0 Å². The number of hydrogen-bond donors (Lipinski definition) is 0. The van der Waals surface area contributed by atoms with Crippen LogP contribution in [0.4, 0.5) is 0 Å². The highest BCUT2D eigenvalue weighted by Crippen LogP contribution is 2.09. The third kappa shape index (κ3) is 2.08. The molecule has 0 radical (unpaired) electrons. The Labute approximate surface area is 64.9 Å². The van der Waals surface area contributed by atoms with Crippen molar-refractivity contribution in [3.8, 4) is 0 Å². The molecule has 1 rings (SSSR count). The summed E-state index contributed by atoms with van der Waals surface area (Å²) in [4.78, 5) is 4.24. The molecule has 10 heavy (non-hydrogen) atoms. The lowest BCUT2D eigenvalue weighted by Crippen LogP contribution is -1.90. The minimum atomic E-state index is 0.662. The van der Waals surface area contributed by atoms with Gasteiger partial charge in [-0.05, 0) is 13.8 Å². The van der Waals surface area contributed by atoms with Gasteiger partial charge < -0.3 is 4.74 Å². The summed E-state index contributed by atoms with van der Waals surface area (Å²) in [7, 11) is 0. The molecule has 0 saturated carbocycles. The summed E-state index contributed by atoms with van der Waals surface area (Å²) in [6.07, 6.45) is 0. The molecule has 0 aliphatic carbocycles.